The van der Waals surface area contributed by atoms with E-state index in [1.807, 2.05) is 0 Å². The van der Waals surface area contributed by atoms with Crippen molar-refractivity contribution in [2.24, 2.45) is 0 Å². The first-order valence-electron chi connectivity index (χ1n) is 6.53. The van der Waals surface area contributed by atoms with Gasteiger partial charge < -0.3 is 19.8 Å². The Morgan fingerprint density at radius 2 is 2.04 bits per heavy atom. The molecule has 2 heterocycles. The normalized spacial score (nSPS) is 25.7. The molecule has 2 amide bonds. The molecule has 0 aromatic carbocycles. The van der Waals surface area contributed by atoms with E-state index in [0.29, 0.717) is 0 Å². The van der Waals surface area contributed by atoms with Gasteiger partial charge in [0.05, 0.1) is 12.4 Å². The van der Waals surface area contributed by atoms with Crippen LogP contribution in [0.15, 0.2) is 11.3 Å². The van der Waals surface area contributed by atoms with Gasteiger partial charge in [-0.15, -0.1) is 0 Å². The lowest BCUT2D eigenvalue weighted by Gasteiger charge is -2.49. The quantitative estimate of drug-likeness (QED) is 0.515. The molecule has 2 aliphatic rings. The number of amides is 2. The van der Waals surface area contributed by atoms with Crippen molar-refractivity contribution in [2.45, 2.75) is 11.5 Å². The van der Waals surface area contributed by atoms with Crippen molar-refractivity contribution in [3.63, 3.8) is 0 Å². The van der Waals surface area contributed by atoms with Crippen LogP contribution in [-0.2, 0) is 29.0 Å². The number of methoxy groups -OCH3 is 1. The van der Waals surface area contributed by atoms with Gasteiger partial charge in [-0.25, -0.2) is 8.42 Å². The van der Waals surface area contributed by atoms with E-state index in [1.54, 1.807) is 0 Å². The summed E-state index contributed by atoms with van der Waals surface area (Å²) in [5.41, 5.74) is -0.444. The number of carboxylic acids is 1. The molecule has 0 aromatic heterocycles. The fraction of sp³-hybridized carbons (Fsp3) is 0.583. The Kier molecular flexibility index (Phi) is 4.46. The summed E-state index contributed by atoms with van der Waals surface area (Å²) in [4.78, 5) is 36.8. The van der Waals surface area contributed by atoms with Crippen LogP contribution in [0.2, 0.25) is 0 Å². The Morgan fingerprint density at radius 3 is 2.52 bits per heavy atom. The molecule has 1 fully saturated rings. The maximum absolute atomic E-state index is 12.4. The molecule has 23 heavy (non-hydrogen) atoms. The largest absolute Gasteiger partial charge is 0.480 e. The first kappa shape index (κ1) is 17.4. The zero-order chi connectivity index (χ0) is 17.5. The number of carbonyl (C=O) groups is 3. The topological polar surface area (TPSA) is 142 Å². The number of carboxylic acid groups (broad SMARTS) is 1. The average molecular weight is 348 g/mol. The molecule has 0 saturated carbocycles. The molecule has 10 nitrogen and oxygen atoms in total. The summed E-state index contributed by atoms with van der Waals surface area (Å²) >= 11 is 0. The van der Waals surface area contributed by atoms with E-state index >= 15 is 0 Å². The van der Waals surface area contributed by atoms with E-state index in [-0.39, 0.29) is 11.3 Å². The lowest BCUT2D eigenvalue weighted by molar-refractivity contribution is -0.161. The van der Waals surface area contributed by atoms with Gasteiger partial charge in [0.1, 0.15) is 12.2 Å². The van der Waals surface area contributed by atoms with Gasteiger partial charge in [0.25, 0.3) is 11.8 Å². The summed E-state index contributed by atoms with van der Waals surface area (Å²) in [7, 11) is -1.44. The number of aliphatic carboxylic acids is 1. The molecule has 2 atom stereocenters. The van der Waals surface area contributed by atoms with Gasteiger partial charge >= 0.3 is 5.97 Å². The van der Waals surface area contributed by atoms with Crippen molar-refractivity contribution in [2.75, 3.05) is 33.1 Å². The summed E-state index contributed by atoms with van der Waals surface area (Å²) in [6.45, 7) is -1.37. The lowest BCUT2D eigenvalue weighted by Crippen LogP contribution is -2.71. The van der Waals surface area contributed by atoms with Crippen molar-refractivity contribution in [1.82, 2.24) is 9.80 Å². The smallest absolute Gasteiger partial charge is 0.323 e. The van der Waals surface area contributed by atoms with Gasteiger partial charge in [-0.1, -0.05) is 0 Å². The number of carbonyl (C=O) groups excluding carboxylic acids is 2. The van der Waals surface area contributed by atoms with Crippen LogP contribution >= 0.6 is 0 Å². The van der Waals surface area contributed by atoms with E-state index in [0.717, 1.165) is 9.80 Å². The third-order valence-electron chi connectivity index (χ3n) is 3.68. The Balaban J connectivity index is 2.47. The third kappa shape index (κ3) is 2.71. The number of hydrogen-bond acceptors (Lipinski definition) is 7. The molecular weight excluding hydrogens is 332 g/mol. The molecule has 128 valence electrons. The van der Waals surface area contributed by atoms with E-state index in [1.165, 1.54) is 14.2 Å². The highest BCUT2D eigenvalue weighted by Crippen LogP contribution is 2.38. The SMILES string of the molecule is CO[C@H]1C(=O)N2C(C(=O)N(C)CC(=O)O)=C(CO)CS(=O)(=O)[C@H]12. The number of ether oxygens (including phenoxy) is 1. The first-order chi connectivity index (χ1) is 10.7. The molecule has 1 saturated heterocycles. The van der Waals surface area contributed by atoms with Crippen molar-refractivity contribution >= 4 is 27.6 Å². The highest BCUT2D eigenvalue weighted by atomic mass is 32.2. The predicted octanol–water partition coefficient (Wildman–Crippen LogP) is -2.61. The summed E-state index contributed by atoms with van der Waals surface area (Å²) in [5.74, 6) is -3.44. The van der Waals surface area contributed by atoms with Crippen LogP contribution < -0.4 is 0 Å². The number of rotatable bonds is 5. The van der Waals surface area contributed by atoms with Crippen LogP contribution in [0.5, 0.6) is 0 Å². The molecule has 11 heteroatoms. The number of aliphatic hydroxyl groups is 1. The minimum absolute atomic E-state index is 0.147. The van der Waals surface area contributed by atoms with E-state index in [4.69, 9.17) is 9.84 Å². The van der Waals surface area contributed by atoms with E-state index in [9.17, 15) is 27.9 Å². The van der Waals surface area contributed by atoms with Gasteiger partial charge in [-0.05, 0) is 5.57 Å². The maximum Gasteiger partial charge on any atom is 0.323 e. The Bertz CT molecular complexity index is 698. The number of fused-ring (bicyclic) bond motifs is 1. The molecule has 2 aliphatic heterocycles. The van der Waals surface area contributed by atoms with Crippen LogP contribution in [0.4, 0.5) is 0 Å². The molecule has 0 unspecified atom stereocenters. The van der Waals surface area contributed by atoms with Gasteiger partial charge in [0.2, 0.25) is 0 Å². The minimum Gasteiger partial charge on any atom is -0.480 e. The first-order valence-corrected chi connectivity index (χ1v) is 8.24. The second-order valence-corrected chi connectivity index (χ2v) is 7.32. The lowest BCUT2D eigenvalue weighted by atomic mass is 10.0. The number of hydrogen-bond donors (Lipinski definition) is 2. The number of aliphatic hydroxyl groups excluding tert-OH is 1. The molecule has 0 aromatic rings. The molecule has 0 spiro atoms. The van der Waals surface area contributed by atoms with Crippen LogP contribution in [0.3, 0.4) is 0 Å². The van der Waals surface area contributed by atoms with Crippen LogP contribution in [0.1, 0.15) is 0 Å². The zero-order valence-electron chi connectivity index (χ0n) is 12.4. The van der Waals surface area contributed by atoms with Crippen molar-refractivity contribution < 1.29 is 37.8 Å². The monoisotopic (exact) mass is 348 g/mol. The fourth-order valence-electron chi connectivity index (χ4n) is 2.64. The minimum atomic E-state index is -3.82. The van der Waals surface area contributed by atoms with Gasteiger partial charge in [0, 0.05) is 14.2 Å². The molecule has 2 N–H and O–H groups in total. The second-order valence-electron chi connectivity index (χ2n) is 5.23. The number of nitrogens with zero attached hydrogens (tertiary/aromatic N) is 2. The highest BCUT2D eigenvalue weighted by Gasteiger charge is 2.60. The summed E-state index contributed by atoms with van der Waals surface area (Å²) < 4.78 is 29.3. The highest BCUT2D eigenvalue weighted by molar-refractivity contribution is 7.92. The maximum atomic E-state index is 12.4. The number of sulfone groups is 1. The number of β-lactam (4-membered cyclic amide) rings is 1. The Morgan fingerprint density at radius 1 is 1.43 bits per heavy atom. The molecule has 2 rings (SSSR count). The third-order valence-corrected chi connectivity index (χ3v) is 5.62. The average Bonchev–Trinajstić information content (AvgIpc) is 2.45. The summed E-state index contributed by atoms with van der Waals surface area (Å²) in [5, 5.41) is 16.8. The standard InChI is InChI=1S/C12H16N2O8S/c1-13(3-7(16)17)10(18)8-6(4-15)5-23(20,21)12-9(22-2)11(19)14(8)12/h9,12,15H,3-5H2,1-2H3,(H,16,17)/t9-,12+/m0/s1. The zero-order valence-corrected chi connectivity index (χ0v) is 13.2. The fourth-order valence-corrected chi connectivity index (χ4v) is 4.66. The van der Waals surface area contributed by atoms with E-state index < -0.39 is 58.0 Å². The Labute approximate surface area is 131 Å². The summed E-state index contributed by atoms with van der Waals surface area (Å²) in [6, 6.07) is 0. The molecule has 0 bridgehead atoms. The molecule has 0 radical (unpaired) electrons. The van der Waals surface area contributed by atoms with Crippen LogP contribution in [0.25, 0.3) is 0 Å². The van der Waals surface area contributed by atoms with Crippen LogP contribution in [-0.4, -0.2) is 90.8 Å². The Hall–Kier alpha value is -1.98. The van der Waals surface area contributed by atoms with Crippen molar-refractivity contribution in [3.8, 4) is 0 Å². The molecule has 0 aliphatic carbocycles. The van der Waals surface area contributed by atoms with Crippen LogP contribution in [0, 0.1) is 0 Å². The van der Waals surface area contributed by atoms with Gasteiger partial charge in [-0.3, -0.25) is 19.3 Å². The second kappa shape index (κ2) is 5.91. The van der Waals surface area contributed by atoms with Gasteiger partial charge in [0.15, 0.2) is 21.3 Å². The number of likely N-dealkylation sites (N-methyl/N-ethyl adjacent to an activating group) is 1. The van der Waals surface area contributed by atoms with Gasteiger partial charge in [-0.2, -0.15) is 0 Å². The molecular formula is C12H16N2O8S. The van der Waals surface area contributed by atoms with E-state index in [2.05, 4.69) is 0 Å². The van der Waals surface area contributed by atoms with Crippen molar-refractivity contribution in [3.05, 3.63) is 11.3 Å². The summed E-state index contributed by atoms with van der Waals surface area (Å²) in [6.07, 6.45) is -1.21. The predicted molar refractivity (Wildman–Crippen MR) is 74.6 cm³/mol. The van der Waals surface area contributed by atoms with Crippen molar-refractivity contribution in [1.29, 1.82) is 0 Å².